The summed E-state index contributed by atoms with van der Waals surface area (Å²) in [5, 5.41) is 12.5. The molecule has 3 rings (SSSR count). The van der Waals surface area contributed by atoms with Crippen LogP contribution in [-0.2, 0) is 0 Å². The van der Waals surface area contributed by atoms with E-state index in [4.69, 9.17) is 0 Å². The molecule has 0 fully saturated rings. The van der Waals surface area contributed by atoms with Crippen molar-refractivity contribution in [2.75, 3.05) is 0 Å². The maximum atomic E-state index is 13.2. The molecule has 0 unspecified atom stereocenters. The van der Waals surface area contributed by atoms with Gasteiger partial charge >= 0.3 is 0 Å². The maximum Gasteiger partial charge on any atom is 0.254 e. The van der Waals surface area contributed by atoms with Gasteiger partial charge < -0.3 is 4.90 Å². The molecule has 3 aromatic rings. The summed E-state index contributed by atoms with van der Waals surface area (Å²) >= 11 is 0. The minimum atomic E-state index is 0.0210. The Hall–Kier alpha value is -2.76. The lowest BCUT2D eigenvalue weighted by atomic mass is 9.98. The van der Waals surface area contributed by atoms with Gasteiger partial charge in [-0.1, -0.05) is 18.2 Å². The van der Waals surface area contributed by atoms with E-state index in [-0.39, 0.29) is 18.0 Å². The van der Waals surface area contributed by atoms with Gasteiger partial charge in [0, 0.05) is 23.2 Å². The lowest BCUT2D eigenvalue weighted by Gasteiger charge is -2.31. The van der Waals surface area contributed by atoms with Crippen LogP contribution >= 0.6 is 0 Å². The minimum absolute atomic E-state index is 0.0210. The van der Waals surface area contributed by atoms with Crippen molar-refractivity contribution < 1.29 is 4.79 Å². The Bertz CT molecular complexity index is 905. The molecule has 6 nitrogen and oxygen atoms in total. The Balaban J connectivity index is 2.19. The van der Waals surface area contributed by atoms with E-state index in [1.54, 1.807) is 10.8 Å². The van der Waals surface area contributed by atoms with E-state index in [1.807, 2.05) is 69.9 Å². The zero-order valence-corrected chi connectivity index (χ0v) is 15.3. The lowest BCUT2D eigenvalue weighted by molar-refractivity contribution is 0.0644. The number of amides is 1. The van der Waals surface area contributed by atoms with Crippen molar-refractivity contribution in [1.29, 1.82) is 0 Å². The predicted molar refractivity (Wildman–Crippen MR) is 97.4 cm³/mol. The molecule has 0 spiro atoms. The van der Waals surface area contributed by atoms with Crippen LogP contribution in [0.25, 0.3) is 16.8 Å². The Labute approximate surface area is 147 Å². The zero-order chi connectivity index (χ0) is 18.1. The SMILES string of the molecule is Cc1cc(-c2ccccc2C(=O)N(C(C)C)C(C)C)c2nncn2n1. The first kappa shape index (κ1) is 17.1. The average Bonchev–Trinajstić information content (AvgIpc) is 3.01. The van der Waals surface area contributed by atoms with Crippen LogP contribution in [0, 0.1) is 6.92 Å². The quantitative estimate of drug-likeness (QED) is 0.732. The van der Waals surface area contributed by atoms with Crippen LogP contribution in [-0.4, -0.2) is 42.7 Å². The van der Waals surface area contributed by atoms with Gasteiger partial charge in [-0.25, -0.2) is 0 Å². The van der Waals surface area contributed by atoms with E-state index in [1.165, 1.54) is 0 Å². The first-order chi connectivity index (χ1) is 11.9. The highest BCUT2D eigenvalue weighted by atomic mass is 16.2. The van der Waals surface area contributed by atoms with Crippen molar-refractivity contribution in [2.24, 2.45) is 0 Å². The van der Waals surface area contributed by atoms with E-state index >= 15 is 0 Å². The standard InChI is InChI=1S/C19H23N5O/c1-12(2)24(13(3)4)19(25)16-9-7-6-8-15(16)17-10-14(5)22-23-11-20-21-18(17)23/h6-13H,1-5H3. The van der Waals surface area contributed by atoms with Crippen molar-refractivity contribution in [3.63, 3.8) is 0 Å². The largest absolute Gasteiger partial charge is 0.334 e. The number of hydrogen-bond acceptors (Lipinski definition) is 4. The Morgan fingerprint density at radius 2 is 1.76 bits per heavy atom. The van der Waals surface area contributed by atoms with Crippen LogP contribution in [0.1, 0.15) is 43.7 Å². The topological polar surface area (TPSA) is 63.4 Å². The van der Waals surface area contributed by atoms with Crippen LogP contribution in [0.2, 0.25) is 0 Å². The van der Waals surface area contributed by atoms with Crippen molar-refractivity contribution in [3.05, 3.63) is 47.9 Å². The predicted octanol–water partition coefficient (Wildman–Crippen LogP) is 3.36. The molecule has 1 aromatic carbocycles. The number of rotatable bonds is 4. The molecule has 130 valence electrons. The van der Waals surface area contributed by atoms with Crippen molar-refractivity contribution in [1.82, 2.24) is 24.7 Å². The van der Waals surface area contributed by atoms with Gasteiger partial charge in [0.15, 0.2) is 5.65 Å². The second kappa shape index (κ2) is 6.63. The Kier molecular flexibility index (Phi) is 4.53. The molecule has 2 aromatic heterocycles. The zero-order valence-electron chi connectivity index (χ0n) is 15.3. The van der Waals surface area contributed by atoms with Crippen molar-refractivity contribution >= 4 is 11.6 Å². The minimum Gasteiger partial charge on any atom is -0.334 e. The number of carbonyl (C=O) groups is 1. The van der Waals surface area contributed by atoms with E-state index in [0.29, 0.717) is 11.2 Å². The van der Waals surface area contributed by atoms with Gasteiger partial charge in [0.05, 0.1) is 5.69 Å². The maximum absolute atomic E-state index is 13.2. The third-order valence-electron chi connectivity index (χ3n) is 4.18. The van der Waals surface area contributed by atoms with E-state index in [2.05, 4.69) is 15.3 Å². The Morgan fingerprint density at radius 1 is 1.08 bits per heavy atom. The van der Waals surface area contributed by atoms with Gasteiger partial charge in [0.1, 0.15) is 6.33 Å². The number of carbonyl (C=O) groups excluding carboxylic acids is 1. The number of fused-ring (bicyclic) bond motifs is 1. The van der Waals surface area contributed by atoms with Crippen LogP contribution in [0.15, 0.2) is 36.7 Å². The highest BCUT2D eigenvalue weighted by Gasteiger charge is 2.25. The number of benzene rings is 1. The van der Waals surface area contributed by atoms with Crippen LogP contribution in [0.4, 0.5) is 0 Å². The summed E-state index contributed by atoms with van der Waals surface area (Å²) in [4.78, 5) is 15.1. The number of hydrogen-bond donors (Lipinski definition) is 0. The summed E-state index contributed by atoms with van der Waals surface area (Å²) < 4.78 is 1.65. The smallest absolute Gasteiger partial charge is 0.254 e. The summed E-state index contributed by atoms with van der Waals surface area (Å²) in [7, 11) is 0. The fourth-order valence-electron chi connectivity index (χ4n) is 3.26. The number of nitrogens with zero attached hydrogens (tertiary/aromatic N) is 5. The molecular weight excluding hydrogens is 314 g/mol. The van der Waals surface area contributed by atoms with Crippen LogP contribution in [0.3, 0.4) is 0 Å². The molecule has 0 atom stereocenters. The molecule has 0 saturated carbocycles. The van der Waals surface area contributed by atoms with Gasteiger partial charge in [0.25, 0.3) is 5.91 Å². The lowest BCUT2D eigenvalue weighted by Crippen LogP contribution is -2.42. The number of aryl methyl sites for hydroxylation is 1. The van der Waals surface area contributed by atoms with Crippen molar-refractivity contribution in [2.45, 2.75) is 46.7 Å². The monoisotopic (exact) mass is 337 g/mol. The van der Waals surface area contributed by atoms with Crippen molar-refractivity contribution in [3.8, 4) is 11.1 Å². The molecule has 0 saturated heterocycles. The van der Waals surface area contributed by atoms with Gasteiger partial charge in [-0.15, -0.1) is 10.2 Å². The highest BCUT2D eigenvalue weighted by Crippen LogP contribution is 2.29. The molecule has 0 aliphatic carbocycles. The fourth-order valence-corrected chi connectivity index (χ4v) is 3.26. The van der Waals surface area contributed by atoms with Gasteiger partial charge in [-0.2, -0.15) is 9.61 Å². The second-order valence-corrected chi connectivity index (χ2v) is 6.74. The first-order valence-corrected chi connectivity index (χ1v) is 8.50. The molecule has 6 heteroatoms. The molecule has 0 aliphatic rings. The summed E-state index contributed by atoms with van der Waals surface area (Å²) in [6.45, 7) is 10.1. The third kappa shape index (κ3) is 3.12. The highest BCUT2D eigenvalue weighted by molar-refractivity contribution is 6.02. The molecule has 1 amide bonds. The molecule has 0 radical (unpaired) electrons. The average molecular weight is 337 g/mol. The molecule has 0 bridgehead atoms. The summed E-state index contributed by atoms with van der Waals surface area (Å²) in [6.07, 6.45) is 1.57. The van der Waals surface area contributed by atoms with Crippen LogP contribution < -0.4 is 0 Å². The fraction of sp³-hybridized carbons (Fsp3) is 0.368. The number of aromatic nitrogens is 4. The molecule has 0 aliphatic heterocycles. The van der Waals surface area contributed by atoms with Crippen LogP contribution in [0.5, 0.6) is 0 Å². The second-order valence-electron chi connectivity index (χ2n) is 6.74. The first-order valence-electron chi connectivity index (χ1n) is 8.50. The van der Waals surface area contributed by atoms with E-state index in [0.717, 1.165) is 16.8 Å². The van der Waals surface area contributed by atoms with E-state index in [9.17, 15) is 4.79 Å². The van der Waals surface area contributed by atoms with Gasteiger partial charge in [-0.3, -0.25) is 4.79 Å². The van der Waals surface area contributed by atoms with Gasteiger partial charge in [0.2, 0.25) is 0 Å². The molecule has 2 heterocycles. The summed E-state index contributed by atoms with van der Waals surface area (Å²) in [5.74, 6) is 0.0210. The molecule has 0 N–H and O–H groups in total. The summed E-state index contributed by atoms with van der Waals surface area (Å²) in [5.41, 5.74) is 3.87. The normalized spacial score (nSPS) is 11.5. The Morgan fingerprint density at radius 3 is 2.44 bits per heavy atom. The third-order valence-corrected chi connectivity index (χ3v) is 4.18. The van der Waals surface area contributed by atoms with Gasteiger partial charge in [-0.05, 0) is 52.3 Å². The summed E-state index contributed by atoms with van der Waals surface area (Å²) in [6, 6.07) is 9.84. The molecular formula is C19H23N5O. The molecule has 25 heavy (non-hydrogen) atoms. The van der Waals surface area contributed by atoms with E-state index < -0.39 is 0 Å².